The number of pyridine rings is 1. The SMILES string of the molecule is CCCC(NCc1ccncc1)C1(c2ccc(Cl)cc2)CCC1. The summed E-state index contributed by atoms with van der Waals surface area (Å²) in [6.07, 6.45) is 9.98. The van der Waals surface area contributed by atoms with Crippen LogP contribution in [0, 0.1) is 0 Å². The predicted octanol–water partition coefficient (Wildman–Crippen LogP) is 5.12. The first-order chi connectivity index (χ1) is 11.2. The van der Waals surface area contributed by atoms with E-state index in [0.29, 0.717) is 6.04 Å². The second-order valence-electron chi connectivity index (χ2n) is 6.59. The standard InChI is InChI=1S/C20H25ClN2/c1-2-4-19(23-15-16-9-13-22-14-10-16)20(11-3-12-20)17-5-7-18(21)8-6-17/h5-10,13-14,19,23H,2-4,11-12,15H2,1H3. The second kappa shape index (κ2) is 7.46. The van der Waals surface area contributed by atoms with Crippen molar-refractivity contribution in [1.29, 1.82) is 0 Å². The number of hydrogen-bond acceptors (Lipinski definition) is 2. The number of benzene rings is 1. The smallest absolute Gasteiger partial charge is 0.0406 e. The van der Waals surface area contributed by atoms with E-state index >= 15 is 0 Å². The Kier molecular flexibility index (Phi) is 5.34. The quantitative estimate of drug-likeness (QED) is 0.763. The highest BCUT2D eigenvalue weighted by molar-refractivity contribution is 6.30. The van der Waals surface area contributed by atoms with Gasteiger partial charge in [-0.2, -0.15) is 0 Å². The first-order valence-corrected chi connectivity index (χ1v) is 9.01. The topological polar surface area (TPSA) is 24.9 Å². The summed E-state index contributed by atoms with van der Waals surface area (Å²) in [5.41, 5.74) is 3.01. The third-order valence-corrected chi connectivity index (χ3v) is 5.46. The fourth-order valence-electron chi connectivity index (χ4n) is 3.78. The molecule has 2 nitrogen and oxygen atoms in total. The molecule has 0 bridgehead atoms. The number of nitrogens with zero attached hydrogens (tertiary/aromatic N) is 1. The van der Waals surface area contributed by atoms with E-state index in [1.54, 1.807) is 0 Å². The largest absolute Gasteiger partial charge is 0.309 e. The van der Waals surface area contributed by atoms with Gasteiger partial charge in [0.15, 0.2) is 0 Å². The summed E-state index contributed by atoms with van der Waals surface area (Å²) in [7, 11) is 0. The molecule has 1 aliphatic carbocycles. The molecule has 1 aliphatic rings. The molecule has 1 heterocycles. The zero-order valence-corrected chi connectivity index (χ0v) is 14.5. The fraction of sp³-hybridized carbons (Fsp3) is 0.450. The molecule has 0 saturated heterocycles. The fourth-order valence-corrected chi connectivity index (χ4v) is 3.91. The highest BCUT2D eigenvalue weighted by Crippen LogP contribution is 2.47. The summed E-state index contributed by atoms with van der Waals surface area (Å²) in [5, 5.41) is 4.65. The van der Waals surface area contributed by atoms with Crippen molar-refractivity contribution in [3.63, 3.8) is 0 Å². The third-order valence-electron chi connectivity index (χ3n) is 5.21. The molecule has 1 aromatic carbocycles. The lowest BCUT2D eigenvalue weighted by atomic mass is 9.59. The van der Waals surface area contributed by atoms with Crippen LogP contribution in [0.4, 0.5) is 0 Å². The molecule has 23 heavy (non-hydrogen) atoms. The molecule has 0 aliphatic heterocycles. The van der Waals surface area contributed by atoms with E-state index in [1.807, 2.05) is 24.5 Å². The Hall–Kier alpha value is -1.38. The highest BCUT2D eigenvalue weighted by Gasteiger charge is 2.44. The van der Waals surface area contributed by atoms with Crippen LogP contribution >= 0.6 is 11.6 Å². The predicted molar refractivity (Wildman–Crippen MR) is 96.8 cm³/mol. The zero-order valence-electron chi connectivity index (χ0n) is 13.8. The molecule has 1 unspecified atom stereocenters. The third kappa shape index (κ3) is 3.59. The minimum atomic E-state index is 0.271. The van der Waals surface area contributed by atoms with Crippen molar-refractivity contribution >= 4 is 11.6 Å². The summed E-state index contributed by atoms with van der Waals surface area (Å²) < 4.78 is 0. The van der Waals surface area contributed by atoms with Crippen LogP contribution in [0.1, 0.15) is 50.2 Å². The lowest BCUT2D eigenvalue weighted by Gasteiger charge is -2.49. The Labute approximate surface area is 144 Å². The van der Waals surface area contributed by atoms with Gasteiger partial charge in [-0.1, -0.05) is 43.5 Å². The van der Waals surface area contributed by atoms with Gasteiger partial charge < -0.3 is 5.32 Å². The number of halogens is 1. The van der Waals surface area contributed by atoms with Crippen LogP contribution in [0.2, 0.25) is 5.02 Å². The molecular formula is C20H25ClN2. The van der Waals surface area contributed by atoms with E-state index in [9.17, 15) is 0 Å². The normalized spacial score (nSPS) is 17.5. The minimum Gasteiger partial charge on any atom is -0.309 e. The molecule has 122 valence electrons. The molecule has 1 fully saturated rings. The molecular weight excluding hydrogens is 304 g/mol. The summed E-state index contributed by atoms with van der Waals surface area (Å²) >= 11 is 6.08. The lowest BCUT2D eigenvalue weighted by Crippen LogP contribution is -2.52. The van der Waals surface area contributed by atoms with Crippen LogP contribution in [0.25, 0.3) is 0 Å². The van der Waals surface area contributed by atoms with Crippen molar-refractivity contribution in [1.82, 2.24) is 10.3 Å². The molecule has 0 amide bonds. The van der Waals surface area contributed by atoms with E-state index in [4.69, 9.17) is 11.6 Å². The van der Waals surface area contributed by atoms with Gasteiger partial charge in [0, 0.05) is 35.4 Å². The van der Waals surface area contributed by atoms with E-state index < -0.39 is 0 Å². The van der Waals surface area contributed by atoms with Crippen LogP contribution in [-0.2, 0) is 12.0 Å². The lowest BCUT2D eigenvalue weighted by molar-refractivity contribution is 0.159. The maximum absolute atomic E-state index is 6.08. The highest BCUT2D eigenvalue weighted by atomic mass is 35.5. The average molecular weight is 329 g/mol. The Morgan fingerprint density at radius 3 is 2.39 bits per heavy atom. The molecule has 1 aromatic heterocycles. The summed E-state index contributed by atoms with van der Waals surface area (Å²) in [5.74, 6) is 0. The summed E-state index contributed by atoms with van der Waals surface area (Å²) in [6.45, 7) is 3.18. The summed E-state index contributed by atoms with van der Waals surface area (Å²) in [6, 6.07) is 13.2. The first kappa shape index (κ1) is 16.5. The Bertz CT molecular complexity index is 605. The van der Waals surface area contributed by atoms with Crippen molar-refractivity contribution in [2.45, 2.75) is 57.0 Å². The van der Waals surface area contributed by atoms with Crippen molar-refractivity contribution in [3.05, 3.63) is 64.9 Å². The van der Waals surface area contributed by atoms with Gasteiger partial charge in [0.25, 0.3) is 0 Å². The van der Waals surface area contributed by atoms with Crippen LogP contribution in [0.15, 0.2) is 48.8 Å². The van der Waals surface area contributed by atoms with E-state index in [0.717, 1.165) is 11.6 Å². The van der Waals surface area contributed by atoms with Gasteiger partial charge >= 0.3 is 0 Å². The summed E-state index contributed by atoms with van der Waals surface area (Å²) in [4.78, 5) is 4.10. The number of nitrogens with one attached hydrogen (secondary N) is 1. The Morgan fingerprint density at radius 1 is 1.13 bits per heavy atom. The van der Waals surface area contributed by atoms with Crippen molar-refractivity contribution in [3.8, 4) is 0 Å². The molecule has 2 aromatic rings. The molecule has 1 saturated carbocycles. The van der Waals surface area contributed by atoms with Gasteiger partial charge in [0.2, 0.25) is 0 Å². The molecule has 1 atom stereocenters. The molecule has 0 radical (unpaired) electrons. The Balaban J connectivity index is 1.78. The first-order valence-electron chi connectivity index (χ1n) is 8.63. The van der Waals surface area contributed by atoms with Gasteiger partial charge in [-0.05, 0) is 54.7 Å². The van der Waals surface area contributed by atoms with Crippen molar-refractivity contribution in [2.75, 3.05) is 0 Å². The second-order valence-corrected chi connectivity index (χ2v) is 7.03. The van der Waals surface area contributed by atoms with Crippen LogP contribution < -0.4 is 5.32 Å². The van der Waals surface area contributed by atoms with Gasteiger partial charge in [0.05, 0.1) is 0 Å². The monoisotopic (exact) mass is 328 g/mol. The van der Waals surface area contributed by atoms with E-state index in [-0.39, 0.29) is 5.41 Å². The number of hydrogen-bond donors (Lipinski definition) is 1. The molecule has 3 rings (SSSR count). The maximum Gasteiger partial charge on any atom is 0.0406 e. The van der Waals surface area contributed by atoms with Crippen LogP contribution in [-0.4, -0.2) is 11.0 Å². The minimum absolute atomic E-state index is 0.271. The van der Waals surface area contributed by atoms with E-state index in [1.165, 1.54) is 43.2 Å². The van der Waals surface area contributed by atoms with Gasteiger partial charge in [-0.15, -0.1) is 0 Å². The van der Waals surface area contributed by atoms with E-state index in [2.05, 4.69) is 41.5 Å². The van der Waals surface area contributed by atoms with Crippen molar-refractivity contribution < 1.29 is 0 Å². The van der Waals surface area contributed by atoms with Gasteiger partial charge in [-0.25, -0.2) is 0 Å². The van der Waals surface area contributed by atoms with Crippen molar-refractivity contribution in [2.24, 2.45) is 0 Å². The van der Waals surface area contributed by atoms with Crippen LogP contribution in [0.3, 0.4) is 0 Å². The van der Waals surface area contributed by atoms with Gasteiger partial charge in [0.1, 0.15) is 0 Å². The van der Waals surface area contributed by atoms with Gasteiger partial charge in [-0.3, -0.25) is 4.98 Å². The van der Waals surface area contributed by atoms with Crippen LogP contribution in [0.5, 0.6) is 0 Å². The molecule has 1 N–H and O–H groups in total. The maximum atomic E-state index is 6.08. The molecule has 3 heteroatoms. The average Bonchev–Trinajstić information content (AvgIpc) is 2.54. The number of rotatable bonds is 7. The zero-order chi connectivity index (χ0) is 16.1. The number of aromatic nitrogens is 1. The Morgan fingerprint density at radius 2 is 1.83 bits per heavy atom. The molecule has 0 spiro atoms.